The van der Waals surface area contributed by atoms with Crippen molar-refractivity contribution in [3.63, 3.8) is 0 Å². The monoisotopic (exact) mass is 340 g/mol. The summed E-state index contributed by atoms with van der Waals surface area (Å²) in [7, 11) is 1.70. The lowest BCUT2D eigenvalue weighted by Gasteiger charge is -2.19. The molecule has 1 amide bonds. The van der Waals surface area contributed by atoms with E-state index < -0.39 is 0 Å². The zero-order chi connectivity index (χ0) is 18.0. The number of hydrogen-bond donors (Lipinski definition) is 0. The maximum Gasteiger partial charge on any atom is 0.265 e. The number of likely N-dealkylation sites (N-methyl/N-ethyl adjacent to an activating group) is 1. The molecule has 2 aromatic rings. The summed E-state index contributed by atoms with van der Waals surface area (Å²) in [5.41, 5.74) is 2.01. The molecular weight excluding hydrogens is 316 g/mol. The first kappa shape index (κ1) is 17.3. The highest BCUT2D eigenvalue weighted by Gasteiger charge is 2.32. The summed E-state index contributed by atoms with van der Waals surface area (Å²) in [5.74, 6) is 1.81. The Morgan fingerprint density at radius 3 is 2.80 bits per heavy atom. The topological polar surface area (TPSA) is 51.7 Å². The fourth-order valence-electron chi connectivity index (χ4n) is 2.89. The van der Waals surface area contributed by atoms with Crippen LogP contribution in [0.15, 0.2) is 36.5 Å². The highest BCUT2D eigenvalue weighted by molar-refractivity contribution is 5.93. The van der Waals surface area contributed by atoms with Gasteiger partial charge in [0.2, 0.25) is 0 Å². The molecule has 0 fully saturated rings. The first-order valence-electron chi connectivity index (χ1n) is 8.55. The van der Waals surface area contributed by atoms with Crippen LogP contribution in [-0.2, 0) is 17.6 Å². The van der Waals surface area contributed by atoms with Crippen LogP contribution in [0.3, 0.4) is 0 Å². The van der Waals surface area contributed by atoms with Crippen molar-refractivity contribution in [2.24, 2.45) is 0 Å². The summed E-state index contributed by atoms with van der Waals surface area (Å²) in [6.07, 6.45) is 3.55. The summed E-state index contributed by atoms with van der Waals surface area (Å²) in [4.78, 5) is 18.3. The quantitative estimate of drug-likeness (QED) is 0.837. The molecule has 0 saturated carbocycles. The minimum Gasteiger partial charge on any atom is -0.483 e. The average molecular weight is 340 g/mol. The second-order valence-electron chi connectivity index (χ2n) is 6.90. The number of carbonyl (C=O) groups excluding carboxylic acids is 1. The Hall–Kier alpha value is -2.56. The summed E-state index contributed by atoms with van der Waals surface area (Å²) in [6.45, 7) is 6.09. The lowest BCUT2D eigenvalue weighted by atomic mass is 10.0. The van der Waals surface area contributed by atoms with Gasteiger partial charge in [0.05, 0.1) is 0 Å². The van der Waals surface area contributed by atoms with E-state index in [-0.39, 0.29) is 18.1 Å². The molecule has 0 bridgehead atoms. The van der Waals surface area contributed by atoms with Gasteiger partial charge in [0.25, 0.3) is 5.91 Å². The van der Waals surface area contributed by atoms with Crippen molar-refractivity contribution in [3.8, 4) is 11.5 Å². The Labute approximate surface area is 148 Å². The van der Waals surface area contributed by atoms with Gasteiger partial charge in [-0.2, -0.15) is 0 Å². The second-order valence-corrected chi connectivity index (χ2v) is 6.90. The average Bonchev–Trinajstić information content (AvgIpc) is 2.93. The van der Waals surface area contributed by atoms with Gasteiger partial charge in [-0.25, -0.2) is 4.98 Å². The number of pyridine rings is 1. The number of nitrogens with zero attached hydrogens (tertiary/aromatic N) is 2. The van der Waals surface area contributed by atoms with Gasteiger partial charge in [0.15, 0.2) is 18.1 Å². The standard InChI is InChI=1S/C20H24N2O3/c1-5-14-9-10-17(21-12-14)22(4)18(23)13-24-16-8-6-7-15-11-20(2,3)25-19(15)16/h6-10,12H,5,11,13H2,1-4H3. The Balaban J connectivity index is 1.66. The van der Waals surface area contributed by atoms with Gasteiger partial charge in [-0.05, 0) is 38.0 Å². The number of aromatic nitrogens is 1. The van der Waals surface area contributed by atoms with Crippen LogP contribution in [0.25, 0.3) is 0 Å². The summed E-state index contributed by atoms with van der Waals surface area (Å²) in [6, 6.07) is 9.62. The van der Waals surface area contributed by atoms with Crippen LogP contribution in [0, 0.1) is 0 Å². The smallest absolute Gasteiger partial charge is 0.265 e. The normalized spacial score (nSPS) is 14.6. The minimum absolute atomic E-state index is 0.0616. The lowest BCUT2D eigenvalue weighted by Crippen LogP contribution is -2.32. The molecule has 0 spiro atoms. The van der Waals surface area contributed by atoms with E-state index in [0.717, 1.165) is 29.7 Å². The molecule has 1 aliphatic heterocycles. The van der Waals surface area contributed by atoms with Crippen LogP contribution in [0.5, 0.6) is 11.5 Å². The van der Waals surface area contributed by atoms with Crippen molar-refractivity contribution in [1.82, 2.24) is 4.98 Å². The molecule has 3 rings (SSSR count). The van der Waals surface area contributed by atoms with E-state index in [1.165, 1.54) is 4.90 Å². The third kappa shape index (κ3) is 3.76. The number of fused-ring (bicyclic) bond motifs is 1. The Bertz CT molecular complexity index is 769. The zero-order valence-electron chi connectivity index (χ0n) is 15.2. The molecule has 0 aliphatic carbocycles. The van der Waals surface area contributed by atoms with E-state index in [9.17, 15) is 4.79 Å². The number of anilines is 1. The SMILES string of the molecule is CCc1ccc(N(C)C(=O)COc2cccc3c2OC(C)(C)C3)nc1. The van der Waals surface area contributed by atoms with Crippen LogP contribution in [-0.4, -0.2) is 30.1 Å². The maximum absolute atomic E-state index is 12.4. The van der Waals surface area contributed by atoms with Gasteiger partial charge >= 0.3 is 0 Å². The minimum atomic E-state index is -0.243. The van der Waals surface area contributed by atoms with Crippen LogP contribution >= 0.6 is 0 Å². The fraction of sp³-hybridized carbons (Fsp3) is 0.400. The number of para-hydroxylation sites is 1. The molecule has 5 heteroatoms. The number of aryl methyl sites for hydroxylation is 1. The predicted molar refractivity (Wildman–Crippen MR) is 97.4 cm³/mol. The molecule has 1 aliphatic rings. The van der Waals surface area contributed by atoms with Crippen LogP contribution < -0.4 is 14.4 Å². The van der Waals surface area contributed by atoms with Crippen LogP contribution in [0.2, 0.25) is 0 Å². The summed E-state index contributed by atoms with van der Waals surface area (Å²) < 4.78 is 11.7. The fourth-order valence-corrected chi connectivity index (χ4v) is 2.89. The first-order valence-corrected chi connectivity index (χ1v) is 8.55. The van der Waals surface area contributed by atoms with Gasteiger partial charge < -0.3 is 9.47 Å². The molecule has 0 atom stereocenters. The number of hydrogen-bond acceptors (Lipinski definition) is 4. The molecule has 0 unspecified atom stereocenters. The Kier molecular flexibility index (Phi) is 4.66. The molecule has 0 N–H and O–H groups in total. The maximum atomic E-state index is 12.4. The predicted octanol–water partition coefficient (Wildman–Crippen LogP) is 3.40. The Morgan fingerprint density at radius 1 is 1.32 bits per heavy atom. The van der Waals surface area contributed by atoms with Gasteiger partial charge in [0, 0.05) is 25.2 Å². The summed E-state index contributed by atoms with van der Waals surface area (Å²) in [5, 5.41) is 0. The molecule has 132 valence electrons. The number of benzene rings is 1. The van der Waals surface area contributed by atoms with E-state index in [0.29, 0.717) is 11.6 Å². The van der Waals surface area contributed by atoms with Crippen molar-refractivity contribution < 1.29 is 14.3 Å². The number of carbonyl (C=O) groups is 1. The van der Waals surface area contributed by atoms with Crippen molar-refractivity contribution in [3.05, 3.63) is 47.7 Å². The largest absolute Gasteiger partial charge is 0.483 e. The zero-order valence-corrected chi connectivity index (χ0v) is 15.2. The van der Waals surface area contributed by atoms with Crippen molar-refractivity contribution >= 4 is 11.7 Å². The van der Waals surface area contributed by atoms with Gasteiger partial charge in [-0.3, -0.25) is 9.69 Å². The van der Waals surface area contributed by atoms with E-state index in [1.807, 2.05) is 44.2 Å². The first-order chi connectivity index (χ1) is 11.9. The number of ether oxygens (including phenoxy) is 2. The molecule has 5 nitrogen and oxygen atoms in total. The van der Waals surface area contributed by atoms with E-state index >= 15 is 0 Å². The van der Waals surface area contributed by atoms with Crippen molar-refractivity contribution in [1.29, 1.82) is 0 Å². The number of rotatable bonds is 5. The molecule has 1 aromatic heterocycles. The molecule has 1 aromatic carbocycles. The number of amides is 1. The molecule has 0 saturated heterocycles. The third-order valence-corrected chi connectivity index (χ3v) is 4.34. The van der Waals surface area contributed by atoms with Gasteiger partial charge in [-0.1, -0.05) is 25.1 Å². The van der Waals surface area contributed by atoms with E-state index in [4.69, 9.17) is 9.47 Å². The van der Waals surface area contributed by atoms with Crippen molar-refractivity contribution in [2.45, 2.75) is 39.2 Å². The highest BCUT2D eigenvalue weighted by atomic mass is 16.5. The van der Waals surface area contributed by atoms with Crippen LogP contribution in [0.4, 0.5) is 5.82 Å². The van der Waals surface area contributed by atoms with Gasteiger partial charge in [0.1, 0.15) is 11.4 Å². The van der Waals surface area contributed by atoms with E-state index in [1.54, 1.807) is 13.2 Å². The highest BCUT2D eigenvalue weighted by Crippen LogP contribution is 2.41. The van der Waals surface area contributed by atoms with Crippen LogP contribution in [0.1, 0.15) is 31.9 Å². The van der Waals surface area contributed by atoms with E-state index in [2.05, 4.69) is 11.9 Å². The molecule has 0 radical (unpaired) electrons. The third-order valence-electron chi connectivity index (χ3n) is 4.34. The lowest BCUT2D eigenvalue weighted by molar-refractivity contribution is -0.120. The van der Waals surface area contributed by atoms with Gasteiger partial charge in [-0.15, -0.1) is 0 Å². The van der Waals surface area contributed by atoms with Crippen molar-refractivity contribution in [2.75, 3.05) is 18.6 Å². The molecular formula is C20H24N2O3. The molecule has 25 heavy (non-hydrogen) atoms. The Morgan fingerprint density at radius 2 is 2.12 bits per heavy atom. The second kappa shape index (κ2) is 6.75. The molecule has 2 heterocycles. The summed E-state index contributed by atoms with van der Waals surface area (Å²) >= 11 is 0.